The highest BCUT2D eigenvalue weighted by molar-refractivity contribution is 6.10. The lowest BCUT2D eigenvalue weighted by Gasteiger charge is -2.09. The van der Waals surface area contributed by atoms with Gasteiger partial charge in [0.05, 0.1) is 11.4 Å². The van der Waals surface area contributed by atoms with Gasteiger partial charge in [0.25, 0.3) is 0 Å². The second kappa shape index (κ2) is 6.12. The molecule has 0 saturated heterocycles. The van der Waals surface area contributed by atoms with E-state index < -0.39 is 0 Å². The van der Waals surface area contributed by atoms with E-state index in [1.807, 2.05) is 25.1 Å². The number of rotatable bonds is 4. The van der Waals surface area contributed by atoms with Crippen molar-refractivity contribution in [2.45, 2.75) is 13.3 Å². The molecule has 0 atom stereocenters. The monoisotopic (exact) mass is 265 g/mol. The first-order chi connectivity index (χ1) is 9.78. The summed E-state index contributed by atoms with van der Waals surface area (Å²) >= 11 is 0. The summed E-state index contributed by atoms with van der Waals surface area (Å²) in [5.41, 5.74) is 5.16. The highest BCUT2D eigenvalue weighted by Gasteiger charge is 2.04. The Balaban J connectivity index is 2.36. The van der Waals surface area contributed by atoms with Crippen LogP contribution in [0.2, 0.25) is 0 Å². The van der Waals surface area contributed by atoms with Crippen molar-refractivity contribution in [3.05, 3.63) is 36.4 Å². The van der Waals surface area contributed by atoms with E-state index in [1.165, 1.54) is 0 Å². The predicted octanol–water partition coefficient (Wildman–Crippen LogP) is 1.64. The van der Waals surface area contributed by atoms with Crippen molar-refractivity contribution in [1.29, 1.82) is 10.5 Å². The van der Waals surface area contributed by atoms with Crippen LogP contribution in [0.4, 0.5) is 5.69 Å². The van der Waals surface area contributed by atoms with E-state index in [4.69, 9.17) is 10.5 Å². The van der Waals surface area contributed by atoms with Gasteiger partial charge in [-0.05, 0) is 24.1 Å². The maximum atomic E-state index is 8.67. The zero-order chi connectivity index (χ0) is 14.4. The van der Waals surface area contributed by atoms with Crippen LogP contribution in [0.1, 0.15) is 12.5 Å². The summed E-state index contributed by atoms with van der Waals surface area (Å²) in [6, 6.07) is 9.15. The van der Waals surface area contributed by atoms with Crippen LogP contribution in [-0.2, 0) is 6.42 Å². The number of nitriles is 2. The van der Waals surface area contributed by atoms with Gasteiger partial charge >= 0.3 is 0 Å². The number of anilines is 1. The Morgan fingerprint density at radius 3 is 2.60 bits per heavy atom. The fourth-order valence-corrected chi connectivity index (χ4v) is 1.66. The summed E-state index contributed by atoms with van der Waals surface area (Å²) in [5, 5.41) is 28.6. The Kier molecular flexibility index (Phi) is 4.05. The summed E-state index contributed by atoms with van der Waals surface area (Å²) < 4.78 is 1.75. The Hall–Kier alpha value is -3.19. The number of nitrogens with one attached hydrogen (secondary N) is 1. The molecule has 0 bridgehead atoms. The fourth-order valence-electron chi connectivity index (χ4n) is 1.66. The second-order valence-electron chi connectivity index (χ2n) is 3.86. The zero-order valence-corrected chi connectivity index (χ0v) is 10.8. The zero-order valence-electron chi connectivity index (χ0n) is 10.8. The average Bonchev–Trinajstić information content (AvgIpc) is 3.02. The molecule has 7 nitrogen and oxygen atoms in total. The summed E-state index contributed by atoms with van der Waals surface area (Å²) in [7, 11) is 0. The van der Waals surface area contributed by atoms with Gasteiger partial charge in [-0.1, -0.05) is 13.0 Å². The van der Waals surface area contributed by atoms with E-state index in [0.717, 1.165) is 23.4 Å². The molecule has 2 rings (SSSR count). The lowest BCUT2D eigenvalue weighted by molar-refractivity contribution is 1.04. The highest BCUT2D eigenvalue weighted by atomic mass is 15.3. The molecule has 1 N–H and O–H groups in total. The summed E-state index contributed by atoms with van der Waals surface area (Å²) in [6.45, 7) is 2.01. The molecule has 1 heterocycles. The molecule has 0 radical (unpaired) electrons. The average molecular weight is 265 g/mol. The maximum Gasteiger partial charge on any atom is 0.237 e. The number of aryl methyl sites for hydroxylation is 1. The van der Waals surface area contributed by atoms with Crippen LogP contribution in [0.25, 0.3) is 5.69 Å². The molecule has 20 heavy (non-hydrogen) atoms. The molecule has 0 amide bonds. The van der Waals surface area contributed by atoms with E-state index >= 15 is 0 Å². The minimum absolute atomic E-state index is 0.221. The van der Waals surface area contributed by atoms with Crippen molar-refractivity contribution in [3.8, 4) is 17.8 Å². The van der Waals surface area contributed by atoms with Gasteiger partial charge in [0.2, 0.25) is 5.71 Å². The summed E-state index contributed by atoms with van der Waals surface area (Å²) in [4.78, 5) is 0. The van der Waals surface area contributed by atoms with Crippen LogP contribution in [0.5, 0.6) is 0 Å². The Labute approximate surface area is 115 Å². The van der Waals surface area contributed by atoms with E-state index in [1.54, 1.807) is 29.4 Å². The SMILES string of the molecule is CCc1ccc(-n2cnnc2)cc1NN=C(C#N)C#N. The summed E-state index contributed by atoms with van der Waals surface area (Å²) in [6.07, 6.45) is 3.97. The molecule has 0 fully saturated rings. The molecule has 0 aliphatic carbocycles. The first-order valence-corrected chi connectivity index (χ1v) is 5.90. The quantitative estimate of drug-likeness (QED) is 0.668. The van der Waals surface area contributed by atoms with Crippen molar-refractivity contribution >= 4 is 11.4 Å². The topological polar surface area (TPSA) is 103 Å². The minimum atomic E-state index is -0.221. The number of hydrogen-bond donors (Lipinski definition) is 1. The van der Waals surface area contributed by atoms with Gasteiger partial charge in [-0.3, -0.25) is 9.99 Å². The van der Waals surface area contributed by atoms with E-state index in [-0.39, 0.29) is 5.71 Å². The first kappa shape index (κ1) is 13.2. The summed E-state index contributed by atoms with van der Waals surface area (Å²) in [5.74, 6) is 0. The second-order valence-corrected chi connectivity index (χ2v) is 3.86. The molecule has 1 aromatic carbocycles. The molecule has 0 spiro atoms. The Bertz CT molecular complexity index is 685. The first-order valence-electron chi connectivity index (χ1n) is 5.90. The van der Waals surface area contributed by atoms with Crippen LogP contribution in [-0.4, -0.2) is 20.5 Å². The number of hydrazone groups is 1. The van der Waals surface area contributed by atoms with Gasteiger partial charge in [0.15, 0.2) is 0 Å². The van der Waals surface area contributed by atoms with Crippen LogP contribution in [0.15, 0.2) is 36.0 Å². The molecule has 0 saturated carbocycles. The van der Waals surface area contributed by atoms with Crippen molar-refractivity contribution in [2.24, 2.45) is 5.10 Å². The molecule has 0 aliphatic rings. The van der Waals surface area contributed by atoms with Crippen LogP contribution in [0, 0.1) is 22.7 Å². The standard InChI is InChI=1S/C13H11N7/c1-2-10-3-4-12(20-8-16-17-9-20)5-13(10)19-18-11(6-14)7-15/h3-5,8-9,19H,2H2,1H3. The molecule has 98 valence electrons. The lowest BCUT2D eigenvalue weighted by Crippen LogP contribution is -2.01. The van der Waals surface area contributed by atoms with Crippen molar-refractivity contribution in [3.63, 3.8) is 0 Å². The highest BCUT2D eigenvalue weighted by Crippen LogP contribution is 2.20. The van der Waals surface area contributed by atoms with Gasteiger partial charge in [0.1, 0.15) is 24.8 Å². The maximum absolute atomic E-state index is 8.67. The van der Waals surface area contributed by atoms with Crippen LogP contribution < -0.4 is 5.43 Å². The third-order valence-electron chi connectivity index (χ3n) is 2.69. The van der Waals surface area contributed by atoms with Gasteiger partial charge in [0, 0.05) is 0 Å². The Morgan fingerprint density at radius 2 is 2.00 bits per heavy atom. The molecule has 7 heteroatoms. The van der Waals surface area contributed by atoms with Gasteiger partial charge in [-0.2, -0.15) is 15.6 Å². The van der Waals surface area contributed by atoms with Gasteiger partial charge in [-0.25, -0.2) is 0 Å². The van der Waals surface area contributed by atoms with Crippen molar-refractivity contribution < 1.29 is 0 Å². The molecular formula is C13H11N7. The molecule has 1 aromatic heterocycles. The van der Waals surface area contributed by atoms with E-state index in [0.29, 0.717) is 0 Å². The molecular weight excluding hydrogens is 254 g/mol. The predicted molar refractivity (Wildman–Crippen MR) is 73.0 cm³/mol. The number of aromatic nitrogens is 3. The van der Waals surface area contributed by atoms with Crippen molar-refractivity contribution in [1.82, 2.24) is 14.8 Å². The molecule has 0 unspecified atom stereocenters. The third-order valence-corrected chi connectivity index (χ3v) is 2.69. The number of nitrogens with zero attached hydrogens (tertiary/aromatic N) is 6. The van der Waals surface area contributed by atoms with Crippen LogP contribution >= 0.6 is 0 Å². The van der Waals surface area contributed by atoms with E-state index in [9.17, 15) is 0 Å². The normalized spacial score (nSPS) is 9.35. The largest absolute Gasteiger partial charge is 0.288 e. The smallest absolute Gasteiger partial charge is 0.237 e. The number of benzene rings is 1. The Morgan fingerprint density at radius 1 is 1.30 bits per heavy atom. The van der Waals surface area contributed by atoms with Gasteiger partial charge < -0.3 is 0 Å². The van der Waals surface area contributed by atoms with Crippen molar-refractivity contribution in [2.75, 3.05) is 5.43 Å². The van der Waals surface area contributed by atoms with E-state index in [2.05, 4.69) is 20.7 Å². The molecule has 2 aromatic rings. The molecule has 0 aliphatic heterocycles. The third kappa shape index (κ3) is 2.79. The number of hydrogen-bond acceptors (Lipinski definition) is 6. The van der Waals surface area contributed by atoms with Crippen LogP contribution in [0.3, 0.4) is 0 Å². The fraction of sp³-hybridized carbons (Fsp3) is 0.154. The lowest BCUT2D eigenvalue weighted by atomic mass is 10.1. The minimum Gasteiger partial charge on any atom is -0.288 e. The van der Waals surface area contributed by atoms with Gasteiger partial charge in [-0.15, -0.1) is 10.2 Å².